The lowest BCUT2D eigenvalue weighted by Crippen LogP contribution is -2.47. The molecule has 2 aliphatic rings. The summed E-state index contributed by atoms with van der Waals surface area (Å²) in [5.41, 5.74) is 7.90. The fourth-order valence-corrected chi connectivity index (χ4v) is 4.19. The normalized spacial score (nSPS) is 22.8. The first-order valence-corrected chi connectivity index (χ1v) is 9.39. The molecule has 0 aromatic heterocycles. The standard InChI is InChI=1S/C20H29N3O2/c1-15-4-2-5-17(12-15)18-6-3-9-23(13-18)20(25)16-7-10-22(11-8-16)14-19(21)24/h2,4-5,12,16,18H,3,6-11,13-14H2,1H3,(H2,21,24)/t18-/m1/s1. The van der Waals surface area contributed by atoms with E-state index in [0.717, 1.165) is 51.9 Å². The van der Waals surface area contributed by atoms with Gasteiger partial charge in [0, 0.05) is 24.9 Å². The largest absolute Gasteiger partial charge is 0.369 e. The van der Waals surface area contributed by atoms with Crippen LogP contribution < -0.4 is 5.73 Å². The molecule has 1 aromatic rings. The van der Waals surface area contributed by atoms with Crippen LogP contribution in [-0.2, 0) is 9.59 Å². The first-order valence-electron chi connectivity index (χ1n) is 9.39. The number of hydrogen-bond donors (Lipinski definition) is 1. The van der Waals surface area contributed by atoms with Gasteiger partial charge in [0.25, 0.3) is 0 Å². The van der Waals surface area contributed by atoms with Gasteiger partial charge in [0.15, 0.2) is 0 Å². The van der Waals surface area contributed by atoms with Gasteiger partial charge in [-0.1, -0.05) is 29.8 Å². The molecule has 0 radical (unpaired) electrons. The zero-order valence-corrected chi connectivity index (χ0v) is 15.1. The van der Waals surface area contributed by atoms with Gasteiger partial charge < -0.3 is 10.6 Å². The van der Waals surface area contributed by atoms with Crippen LogP contribution in [0.5, 0.6) is 0 Å². The predicted molar refractivity (Wildman–Crippen MR) is 98.1 cm³/mol. The van der Waals surface area contributed by atoms with Gasteiger partial charge in [-0.25, -0.2) is 0 Å². The van der Waals surface area contributed by atoms with E-state index in [-0.39, 0.29) is 11.8 Å². The molecule has 1 aromatic carbocycles. The van der Waals surface area contributed by atoms with Crippen molar-refractivity contribution in [3.05, 3.63) is 35.4 Å². The molecule has 2 aliphatic heterocycles. The maximum atomic E-state index is 12.9. The summed E-state index contributed by atoms with van der Waals surface area (Å²) in [5, 5.41) is 0. The number of primary amides is 1. The topological polar surface area (TPSA) is 66.6 Å². The molecule has 2 saturated heterocycles. The molecule has 0 bridgehead atoms. The van der Waals surface area contributed by atoms with E-state index < -0.39 is 0 Å². The summed E-state index contributed by atoms with van der Waals surface area (Å²) < 4.78 is 0. The highest BCUT2D eigenvalue weighted by atomic mass is 16.2. The van der Waals surface area contributed by atoms with Crippen molar-refractivity contribution in [1.29, 1.82) is 0 Å². The van der Waals surface area contributed by atoms with Crippen LogP contribution in [-0.4, -0.2) is 54.3 Å². The van der Waals surface area contributed by atoms with E-state index in [4.69, 9.17) is 5.73 Å². The number of hydrogen-bond acceptors (Lipinski definition) is 3. The third kappa shape index (κ3) is 4.60. The van der Waals surface area contributed by atoms with Crippen LogP contribution in [0.4, 0.5) is 0 Å². The number of amides is 2. The minimum absolute atomic E-state index is 0.0976. The van der Waals surface area contributed by atoms with E-state index in [9.17, 15) is 9.59 Å². The SMILES string of the molecule is Cc1cccc([C@@H]2CCCN(C(=O)C3CCN(CC(N)=O)CC3)C2)c1. The summed E-state index contributed by atoms with van der Waals surface area (Å²) in [7, 11) is 0. The lowest BCUT2D eigenvalue weighted by Gasteiger charge is -2.37. The second-order valence-electron chi connectivity index (χ2n) is 7.55. The molecule has 0 aliphatic carbocycles. The van der Waals surface area contributed by atoms with Crippen molar-refractivity contribution in [3.63, 3.8) is 0 Å². The highest BCUT2D eigenvalue weighted by molar-refractivity contribution is 5.79. The Bertz CT molecular complexity index is 623. The number of nitrogens with zero attached hydrogens (tertiary/aromatic N) is 2. The van der Waals surface area contributed by atoms with Gasteiger partial charge in [0.2, 0.25) is 11.8 Å². The van der Waals surface area contributed by atoms with Crippen molar-refractivity contribution in [2.24, 2.45) is 11.7 Å². The molecule has 5 heteroatoms. The van der Waals surface area contributed by atoms with Crippen molar-refractivity contribution in [2.75, 3.05) is 32.7 Å². The van der Waals surface area contributed by atoms with Crippen LogP contribution in [0.15, 0.2) is 24.3 Å². The average Bonchev–Trinajstić information content (AvgIpc) is 2.61. The van der Waals surface area contributed by atoms with Crippen LogP contribution in [0.2, 0.25) is 0 Å². The Morgan fingerprint density at radius 1 is 1.16 bits per heavy atom. The fraction of sp³-hybridized carbons (Fsp3) is 0.600. The van der Waals surface area contributed by atoms with Crippen molar-refractivity contribution in [2.45, 2.75) is 38.5 Å². The number of benzene rings is 1. The Kier molecular flexibility index (Phi) is 5.74. The van der Waals surface area contributed by atoms with Crippen LogP contribution in [0.1, 0.15) is 42.7 Å². The van der Waals surface area contributed by atoms with Crippen molar-refractivity contribution < 1.29 is 9.59 Å². The van der Waals surface area contributed by atoms with Crippen LogP contribution in [0.25, 0.3) is 0 Å². The molecule has 5 nitrogen and oxygen atoms in total. The zero-order chi connectivity index (χ0) is 17.8. The van der Waals surface area contributed by atoms with Gasteiger partial charge in [-0.3, -0.25) is 14.5 Å². The number of carbonyl (C=O) groups is 2. The summed E-state index contributed by atoms with van der Waals surface area (Å²) in [6.45, 7) is 5.71. The molecule has 0 saturated carbocycles. The van der Waals surface area contributed by atoms with E-state index in [1.165, 1.54) is 11.1 Å². The van der Waals surface area contributed by atoms with Gasteiger partial charge in [-0.2, -0.15) is 0 Å². The average molecular weight is 343 g/mol. The first-order chi connectivity index (χ1) is 12.0. The molecule has 0 spiro atoms. The summed E-state index contributed by atoms with van der Waals surface area (Å²) in [6, 6.07) is 8.67. The Labute approximate surface area is 150 Å². The van der Waals surface area contributed by atoms with E-state index in [0.29, 0.717) is 18.4 Å². The number of carbonyl (C=O) groups excluding carboxylic acids is 2. The summed E-state index contributed by atoms with van der Waals surface area (Å²) in [4.78, 5) is 28.1. The lowest BCUT2D eigenvalue weighted by atomic mass is 9.88. The third-order valence-corrected chi connectivity index (χ3v) is 5.56. The summed E-state index contributed by atoms with van der Waals surface area (Å²) in [5.74, 6) is 0.561. The molecule has 2 amide bonds. The predicted octanol–water partition coefficient (Wildman–Crippen LogP) is 1.90. The Hall–Kier alpha value is -1.88. The highest BCUT2D eigenvalue weighted by Crippen LogP contribution is 2.29. The van der Waals surface area contributed by atoms with E-state index in [1.54, 1.807) is 0 Å². The van der Waals surface area contributed by atoms with Crippen molar-refractivity contribution in [1.82, 2.24) is 9.80 Å². The van der Waals surface area contributed by atoms with E-state index in [1.807, 2.05) is 0 Å². The summed E-state index contributed by atoms with van der Waals surface area (Å²) >= 11 is 0. The lowest BCUT2D eigenvalue weighted by molar-refractivity contribution is -0.138. The maximum Gasteiger partial charge on any atom is 0.231 e. The second kappa shape index (κ2) is 8.00. The fourth-order valence-electron chi connectivity index (χ4n) is 4.19. The van der Waals surface area contributed by atoms with Gasteiger partial charge in [-0.15, -0.1) is 0 Å². The van der Waals surface area contributed by atoms with Crippen LogP contribution in [0, 0.1) is 12.8 Å². The minimum atomic E-state index is -0.290. The quantitative estimate of drug-likeness (QED) is 0.908. The number of likely N-dealkylation sites (tertiary alicyclic amines) is 2. The molecule has 25 heavy (non-hydrogen) atoms. The van der Waals surface area contributed by atoms with Crippen molar-refractivity contribution in [3.8, 4) is 0 Å². The number of nitrogens with two attached hydrogens (primary N) is 1. The molecule has 1 atom stereocenters. The van der Waals surface area contributed by atoms with Gasteiger partial charge >= 0.3 is 0 Å². The molecular weight excluding hydrogens is 314 g/mol. The maximum absolute atomic E-state index is 12.9. The number of rotatable bonds is 4. The molecule has 0 unspecified atom stereocenters. The molecular formula is C20H29N3O2. The van der Waals surface area contributed by atoms with Crippen molar-refractivity contribution >= 4 is 11.8 Å². The Morgan fingerprint density at radius 3 is 2.60 bits per heavy atom. The molecule has 2 fully saturated rings. The highest BCUT2D eigenvalue weighted by Gasteiger charge is 2.32. The minimum Gasteiger partial charge on any atom is -0.369 e. The second-order valence-corrected chi connectivity index (χ2v) is 7.55. The smallest absolute Gasteiger partial charge is 0.231 e. The van der Waals surface area contributed by atoms with Gasteiger partial charge in [-0.05, 0) is 51.3 Å². The number of piperidine rings is 2. The molecule has 2 N–H and O–H groups in total. The van der Waals surface area contributed by atoms with E-state index >= 15 is 0 Å². The molecule has 3 rings (SSSR count). The van der Waals surface area contributed by atoms with E-state index in [2.05, 4.69) is 41.0 Å². The summed E-state index contributed by atoms with van der Waals surface area (Å²) in [6.07, 6.45) is 3.89. The van der Waals surface area contributed by atoms with Gasteiger partial charge in [0.1, 0.15) is 0 Å². The molecule has 2 heterocycles. The van der Waals surface area contributed by atoms with Crippen LogP contribution >= 0.6 is 0 Å². The third-order valence-electron chi connectivity index (χ3n) is 5.56. The van der Waals surface area contributed by atoms with Crippen LogP contribution in [0.3, 0.4) is 0 Å². The zero-order valence-electron chi connectivity index (χ0n) is 15.1. The Balaban J connectivity index is 1.56. The first kappa shape index (κ1) is 17.9. The van der Waals surface area contributed by atoms with Gasteiger partial charge in [0.05, 0.1) is 6.54 Å². The number of aryl methyl sites for hydroxylation is 1. The Morgan fingerprint density at radius 2 is 1.92 bits per heavy atom. The molecule has 136 valence electrons. The monoisotopic (exact) mass is 343 g/mol.